The molecule has 1 aliphatic carbocycles. The Morgan fingerprint density at radius 1 is 1.29 bits per heavy atom. The molecule has 17 heavy (non-hydrogen) atoms. The van der Waals surface area contributed by atoms with Crippen molar-refractivity contribution in [2.45, 2.75) is 24.3 Å². The molecule has 1 aromatic carbocycles. The molecule has 3 heteroatoms. The number of rotatable bonds is 5. The Morgan fingerprint density at radius 3 is 2.47 bits per heavy atom. The van der Waals surface area contributed by atoms with Crippen LogP contribution in [0.4, 0.5) is 0 Å². The fraction of sp³-hybridized carbons (Fsp3) is 0.571. The van der Waals surface area contributed by atoms with E-state index in [0.29, 0.717) is 0 Å². The molecule has 0 bridgehead atoms. The highest BCUT2D eigenvalue weighted by atomic mass is 16.5. The van der Waals surface area contributed by atoms with Gasteiger partial charge < -0.3 is 14.8 Å². The van der Waals surface area contributed by atoms with Gasteiger partial charge in [-0.25, -0.2) is 0 Å². The lowest BCUT2D eigenvalue weighted by Crippen LogP contribution is -2.53. The van der Waals surface area contributed by atoms with Crippen molar-refractivity contribution < 1.29 is 9.47 Å². The van der Waals surface area contributed by atoms with Crippen LogP contribution in [0.3, 0.4) is 0 Å². The quantitative estimate of drug-likeness (QED) is 0.840. The highest BCUT2D eigenvalue weighted by Crippen LogP contribution is 2.33. The first-order chi connectivity index (χ1) is 8.32. The molecule has 0 unspecified atom stereocenters. The van der Waals surface area contributed by atoms with Gasteiger partial charge in [0.2, 0.25) is 0 Å². The highest BCUT2D eigenvalue weighted by molar-refractivity contribution is 5.34. The lowest BCUT2D eigenvalue weighted by atomic mass is 9.78. The molecular weight excluding hydrogens is 214 g/mol. The maximum Gasteiger partial charge on any atom is 0.118 e. The van der Waals surface area contributed by atoms with Crippen LogP contribution in [-0.2, 0) is 10.2 Å². The first kappa shape index (κ1) is 11.1. The average Bonchev–Trinajstić information content (AvgIpc) is 3.12. The molecule has 3 rings (SSSR count). The maximum absolute atomic E-state index is 5.43. The van der Waals surface area contributed by atoms with Crippen molar-refractivity contribution in [1.82, 2.24) is 5.32 Å². The lowest BCUT2D eigenvalue weighted by molar-refractivity contribution is -0.0591. The van der Waals surface area contributed by atoms with Gasteiger partial charge in [0.05, 0.1) is 25.7 Å². The van der Waals surface area contributed by atoms with E-state index in [4.69, 9.17) is 9.47 Å². The maximum atomic E-state index is 5.43. The fourth-order valence-corrected chi connectivity index (χ4v) is 2.29. The molecule has 2 aliphatic rings. The van der Waals surface area contributed by atoms with E-state index in [1.807, 2.05) is 12.1 Å². The monoisotopic (exact) mass is 233 g/mol. The van der Waals surface area contributed by atoms with Crippen LogP contribution in [0.15, 0.2) is 24.3 Å². The van der Waals surface area contributed by atoms with Crippen LogP contribution >= 0.6 is 0 Å². The standard InChI is InChI=1S/C14H19NO2/c1-16-13-6-2-11(3-7-13)14(9-17-10-14)8-15-12-4-5-12/h2-3,6-7,12,15H,4-5,8-10H2,1H3. The van der Waals surface area contributed by atoms with Crippen LogP contribution in [0.25, 0.3) is 0 Å². The lowest BCUT2D eigenvalue weighted by Gasteiger charge is -2.42. The molecule has 1 N–H and O–H groups in total. The predicted octanol–water partition coefficient (Wildman–Crippen LogP) is 1.72. The second kappa shape index (κ2) is 4.31. The van der Waals surface area contributed by atoms with E-state index in [2.05, 4.69) is 17.4 Å². The molecule has 0 spiro atoms. The zero-order valence-corrected chi connectivity index (χ0v) is 10.2. The van der Waals surface area contributed by atoms with Crippen LogP contribution in [0.2, 0.25) is 0 Å². The van der Waals surface area contributed by atoms with Gasteiger partial charge in [-0.3, -0.25) is 0 Å². The van der Waals surface area contributed by atoms with Crippen molar-refractivity contribution >= 4 is 0 Å². The summed E-state index contributed by atoms with van der Waals surface area (Å²) in [5.41, 5.74) is 1.55. The Labute approximate surface area is 102 Å². The van der Waals surface area contributed by atoms with Crippen molar-refractivity contribution in [1.29, 1.82) is 0 Å². The van der Waals surface area contributed by atoms with Crippen molar-refractivity contribution in [3.05, 3.63) is 29.8 Å². The minimum atomic E-state index is 0.189. The van der Waals surface area contributed by atoms with Crippen molar-refractivity contribution in [3.63, 3.8) is 0 Å². The summed E-state index contributed by atoms with van der Waals surface area (Å²) in [5, 5.41) is 3.62. The number of hydrogen-bond donors (Lipinski definition) is 1. The summed E-state index contributed by atoms with van der Waals surface area (Å²) in [7, 11) is 1.70. The molecule has 0 atom stereocenters. The second-order valence-electron chi connectivity index (χ2n) is 5.16. The van der Waals surface area contributed by atoms with E-state index in [0.717, 1.165) is 31.5 Å². The molecule has 1 saturated carbocycles. The molecule has 1 aromatic rings. The topological polar surface area (TPSA) is 30.5 Å². The normalized spacial score (nSPS) is 21.9. The Morgan fingerprint density at radius 2 is 2.00 bits per heavy atom. The van der Waals surface area contributed by atoms with Crippen molar-refractivity contribution in [3.8, 4) is 5.75 Å². The molecule has 2 fully saturated rings. The van der Waals surface area contributed by atoms with Gasteiger partial charge in [-0.15, -0.1) is 0 Å². The van der Waals surface area contributed by atoms with Gasteiger partial charge in [-0.1, -0.05) is 12.1 Å². The van der Waals surface area contributed by atoms with E-state index < -0.39 is 0 Å². The molecule has 1 aliphatic heterocycles. The molecule has 0 radical (unpaired) electrons. The number of benzene rings is 1. The van der Waals surface area contributed by atoms with Crippen LogP contribution in [0.5, 0.6) is 5.75 Å². The van der Waals surface area contributed by atoms with Gasteiger partial charge in [0.15, 0.2) is 0 Å². The van der Waals surface area contributed by atoms with Crippen LogP contribution in [-0.4, -0.2) is 32.9 Å². The van der Waals surface area contributed by atoms with E-state index in [1.165, 1.54) is 18.4 Å². The van der Waals surface area contributed by atoms with Crippen molar-refractivity contribution in [2.24, 2.45) is 0 Å². The summed E-state index contributed by atoms with van der Waals surface area (Å²) in [4.78, 5) is 0. The fourth-order valence-electron chi connectivity index (χ4n) is 2.29. The minimum absolute atomic E-state index is 0.189. The summed E-state index contributed by atoms with van der Waals surface area (Å²) in [6, 6.07) is 9.15. The van der Waals surface area contributed by atoms with Gasteiger partial charge in [0.1, 0.15) is 5.75 Å². The number of nitrogens with one attached hydrogen (secondary N) is 1. The molecular formula is C14H19NO2. The van der Waals surface area contributed by atoms with Crippen LogP contribution in [0, 0.1) is 0 Å². The smallest absolute Gasteiger partial charge is 0.118 e. The van der Waals surface area contributed by atoms with Crippen molar-refractivity contribution in [2.75, 3.05) is 26.9 Å². The third-order valence-corrected chi connectivity index (χ3v) is 3.77. The van der Waals surface area contributed by atoms with Crippen LogP contribution in [0.1, 0.15) is 18.4 Å². The Kier molecular flexibility index (Phi) is 2.81. The molecule has 0 aromatic heterocycles. The predicted molar refractivity (Wildman–Crippen MR) is 66.5 cm³/mol. The molecule has 3 nitrogen and oxygen atoms in total. The van der Waals surface area contributed by atoms with Gasteiger partial charge in [0.25, 0.3) is 0 Å². The SMILES string of the molecule is COc1ccc(C2(CNC3CC3)COC2)cc1. The zero-order chi connectivity index (χ0) is 11.7. The molecule has 1 heterocycles. The Hall–Kier alpha value is -1.06. The summed E-state index contributed by atoms with van der Waals surface area (Å²) >= 11 is 0. The zero-order valence-electron chi connectivity index (χ0n) is 10.2. The third-order valence-electron chi connectivity index (χ3n) is 3.77. The molecule has 1 saturated heterocycles. The minimum Gasteiger partial charge on any atom is -0.497 e. The van der Waals surface area contributed by atoms with E-state index in [1.54, 1.807) is 7.11 Å². The van der Waals surface area contributed by atoms with Gasteiger partial charge in [-0.05, 0) is 30.5 Å². The first-order valence-electron chi connectivity index (χ1n) is 6.28. The summed E-state index contributed by atoms with van der Waals surface area (Å²) in [6.07, 6.45) is 2.67. The highest BCUT2D eigenvalue weighted by Gasteiger charge is 2.41. The number of hydrogen-bond acceptors (Lipinski definition) is 3. The summed E-state index contributed by atoms with van der Waals surface area (Å²) in [6.45, 7) is 2.70. The Balaban J connectivity index is 1.72. The average molecular weight is 233 g/mol. The second-order valence-corrected chi connectivity index (χ2v) is 5.16. The molecule has 0 amide bonds. The first-order valence-corrected chi connectivity index (χ1v) is 6.28. The number of methoxy groups -OCH3 is 1. The van der Waals surface area contributed by atoms with E-state index in [9.17, 15) is 0 Å². The number of ether oxygens (including phenoxy) is 2. The largest absolute Gasteiger partial charge is 0.497 e. The Bertz CT molecular complexity index is 380. The summed E-state index contributed by atoms with van der Waals surface area (Å²) < 4.78 is 10.6. The van der Waals surface area contributed by atoms with Gasteiger partial charge in [0, 0.05) is 12.6 Å². The van der Waals surface area contributed by atoms with E-state index in [-0.39, 0.29) is 5.41 Å². The van der Waals surface area contributed by atoms with Gasteiger partial charge in [-0.2, -0.15) is 0 Å². The third kappa shape index (κ3) is 2.17. The van der Waals surface area contributed by atoms with Crippen LogP contribution < -0.4 is 10.1 Å². The summed E-state index contributed by atoms with van der Waals surface area (Å²) in [5.74, 6) is 0.916. The van der Waals surface area contributed by atoms with E-state index >= 15 is 0 Å². The van der Waals surface area contributed by atoms with Gasteiger partial charge >= 0.3 is 0 Å². The molecule has 92 valence electrons.